The van der Waals surface area contributed by atoms with Gasteiger partial charge in [-0.25, -0.2) is 0 Å². The molecule has 0 aliphatic carbocycles. The van der Waals surface area contributed by atoms with Crippen LogP contribution in [0, 0.1) is 0 Å². The van der Waals surface area contributed by atoms with Gasteiger partial charge in [-0.3, -0.25) is 10.2 Å². The molecule has 1 aromatic carbocycles. The number of anilines is 1. The quantitative estimate of drug-likeness (QED) is 0.448. The second-order valence-corrected chi connectivity index (χ2v) is 5.02. The van der Waals surface area contributed by atoms with Crippen LogP contribution in [0.5, 0.6) is 5.75 Å². The maximum absolute atomic E-state index is 11.3. The SMILES string of the molecule is CCCNC(=S)N/N=C(/C)c1ccc2c(c1)NC(=O)CO2. The molecule has 0 bridgehead atoms. The first-order valence-corrected chi connectivity index (χ1v) is 7.16. The van der Waals surface area contributed by atoms with Crippen molar-refractivity contribution in [1.29, 1.82) is 0 Å². The van der Waals surface area contributed by atoms with E-state index in [4.69, 9.17) is 17.0 Å². The number of fused-ring (bicyclic) bond motifs is 1. The summed E-state index contributed by atoms with van der Waals surface area (Å²) < 4.78 is 5.31. The van der Waals surface area contributed by atoms with Gasteiger partial charge in [-0.05, 0) is 49.3 Å². The molecule has 6 nitrogen and oxygen atoms in total. The lowest BCUT2D eigenvalue weighted by Gasteiger charge is -2.18. The van der Waals surface area contributed by atoms with Gasteiger partial charge < -0.3 is 15.4 Å². The summed E-state index contributed by atoms with van der Waals surface area (Å²) in [5, 5.41) is 10.5. The van der Waals surface area contributed by atoms with Gasteiger partial charge in [-0.15, -0.1) is 0 Å². The molecular formula is C14H18N4O2S. The fourth-order valence-corrected chi connectivity index (χ4v) is 1.93. The lowest BCUT2D eigenvalue weighted by Crippen LogP contribution is -2.33. The molecular weight excluding hydrogens is 288 g/mol. The van der Waals surface area contributed by atoms with Gasteiger partial charge in [0.05, 0.1) is 11.4 Å². The second-order valence-electron chi connectivity index (χ2n) is 4.61. The minimum atomic E-state index is -0.155. The van der Waals surface area contributed by atoms with E-state index in [1.807, 2.05) is 25.1 Å². The summed E-state index contributed by atoms with van der Waals surface area (Å²) in [4.78, 5) is 11.3. The summed E-state index contributed by atoms with van der Waals surface area (Å²) in [7, 11) is 0. The molecule has 0 fully saturated rings. The van der Waals surface area contributed by atoms with Crippen LogP contribution in [-0.2, 0) is 4.79 Å². The molecule has 7 heteroatoms. The van der Waals surface area contributed by atoms with Crippen LogP contribution in [0.3, 0.4) is 0 Å². The maximum Gasteiger partial charge on any atom is 0.262 e. The fraction of sp³-hybridized carbons (Fsp3) is 0.357. The minimum Gasteiger partial charge on any atom is -0.482 e. The largest absolute Gasteiger partial charge is 0.482 e. The van der Waals surface area contributed by atoms with Gasteiger partial charge in [0.2, 0.25) is 0 Å². The van der Waals surface area contributed by atoms with Crippen LogP contribution in [0.1, 0.15) is 25.8 Å². The molecule has 1 amide bonds. The Balaban J connectivity index is 2.05. The number of ether oxygens (including phenoxy) is 1. The molecule has 0 saturated carbocycles. The number of amides is 1. The zero-order chi connectivity index (χ0) is 15.2. The lowest BCUT2D eigenvalue weighted by atomic mass is 10.1. The van der Waals surface area contributed by atoms with Crippen molar-refractivity contribution in [2.75, 3.05) is 18.5 Å². The molecule has 2 rings (SSSR count). The summed E-state index contributed by atoms with van der Waals surface area (Å²) in [6.45, 7) is 4.79. The number of benzene rings is 1. The van der Waals surface area contributed by atoms with Gasteiger partial charge in [0.25, 0.3) is 5.91 Å². The molecule has 1 heterocycles. The topological polar surface area (TPSA) is 74.8 Å². The van der Waals surface area contributed by atoms with E-state index in [9.17, 15) is 4.79 Å². The van der Waals surface area contributed by atoms with E-state index in [1.54, 1.807) is 0 Å². The van der Waals surface area contributed by atoms with E-state index in [1.165, 1.54) is 0 Å². The van der Waals surface area contributed by atoms with Crippen molar-refractivity contribution < 1.29 is 9.53 Å². The third kappa shape index (κ3) is 4.16. The monoisotopic (exact) mass is 306 g/mol. The number of hydrogen-bond donors (Lipinski definition) is 3. The first-order chi connectivity index (χ1) is 10.1. The van der Waals surface area contributed by atoms with Crippen molar-refractivity contribution in [2.24, 2.45) is 5.10 Å². The summed E-state index contributed by atoms with van der Waals surface area (Å²) in [5.41, 5.74) is 5.09. The Hall–Kier alpha value is -2.15. The number of hydrogen-bond acceptors (Lipinski definition) is 4. The van der Waals surface area contributed by atoms with Crippen LogP contribution in [0.15, 0.2) is 23.3 Å². The minimum absolute atomic E-state index is 0.0539. The molecule has 0 aromatic heterocycles. The number of nitrogens with one attached hydrogen (secondary N) is 3. The molecule has 3 N–H and O–H groups in total. The highest BCUT2D eigenvalue weighted by molar-refractivity contribution is 7.80. The van der Waals surface area contributed by atoms with Gasteiger partial charge in [-0.1, -0.05) is 6.92 Å². The van der Waals surface area contributed by atoms with E-state index < -0.39 is 0 Å². The van der Waals surface area contributed by atoms with E-state index >= 15 is 0 Å². The molecule has 0 saturated heterocycles. The number of carbonyl (C=O) groups is 1. The van der Waals surface area contributed by atoms with E-state index in [0.717, 1.165) is 24.2 Å². The summed E-state index contributed by atoms with van der Waals surface area (Å²) >= 11 is 5.09. The summed E-state index contributed by atoms with van der Waals surface area (Å²) in [6.07, 6.45) is 0.995. The predicted molar refractivity (Wildman–Crippen MR) is 86.8 cm³/mol. The maximum atomic E-state index is 11.3. The Bertz CT molecular complexity index is 586. The molecule has 0 unspecified atom stereocenters. The molecule has 0 radical (unpaired) electrons. The Morgan fingerprint density at radius 1 is 1.52 bits per heavy atom. The average Bonchev–Trinajstić information content (AvgIpc) is 2.49. The van der Waals surface area contributed by atoms with Gasteiger partial charge in [0.1, 0.15) is 5.75 Å². The Kier molecular flexibility index (Phi) is 5.10. The van der Waals surface area contributed by atoms with Crippen LogP contribution >= 0.6 is 12.2 Å². The molecule has 1 aromatic rings. The number of hydrazone groups is 1. The zero-order valence-electron chi connectivity index (χ0n) is 12.0. The first-order valence-electron chi connectivity index (χ1n) is 6.75. The fourth-order valence-electron chi connectivity index (χ4n) is 1.79. The molecule has 0 atom stereocenters. The summed E-state index contributed by atoms with van der Waals surface area (Å²) in [5.74, 6) is 0.511. The van der Waals surface area contributed by atoms with E-state index in [-0.39, 0.29) is 12.5 Å². The standard InChI is InChI=1S/C14H18N4O2S/c1-3-6-15-14(21)18-17-9(2)10-4-5-12-11(7-10)16-13(19)8-20-12/h4-5,7H,3,6,8H2,1-2H3,(H,16,19)(H2,15,18,21)/b17-9-. The second kappa shape index (κ2) is 7.03. The number of nitrogens with zero attached hydrogens (tertiary/aromatic N) is 1. The van der Waals surface area contributed by atoms with Gasteiger partial charge >= 0.3 is 0 Å². The molecule has 1 aliphatic rings. The van der Waals surface area contributed by atoms with Gasteiger partial charge in [0, 0.05) is 6.54 Å². The highest BCUT2D eigenvalue weighted by Gasteiger charge is 2.16. The van der Waals surface area contributed by atoms with E-state index in [0.29, 0.717) is 16.5 Å². The van der Waals surface area contributed by atoms with Crippen LogP contribution in [0.25, 0.3) is 0 Å². The van der Waals surface area contributed by atoms with Crippen molar-refractivity contribution in [3.63, 3.8) is 0 Å². The lowest BCUT2D eigenvalue weighted by molar-refractivity contribution is -0.118. The smallest absolute Gasteiger partial charge is 0.262 e. The van der Waals surface area contributed by atoms with Crippen molar-refractivity contribution in [1.82, 2.24) is 10.7 Å². The van der Waals surface area contributed by atoms with E-state index in [2.05, 4.69) is 28.1 Å². The van der Waals surface area contributed by atoms with Gasteiger partial charge in [0.15, 0.2) is 11.7 Å². The third-order valence-electron chi connectivity index (χ3n) is 2.89. The Labute approximate surface area is 128 Å². The number of carbonyl (C=O) groups excluding carboxylic acids is 1. The molecule has 21 heavy (non-hydrogen) atoms. The Morgan fingerprint density at radius 3 is 3.10 bits per heavy atom. The van der Waals surface area contributed by atoms with Crippen molar-refractivity contribution in [2.45, 2.75) is 20.3 Å². The highest BCUT2D eigenvalue weighted by atomic mass is 32.1. The van der Waals surface area contributed by atoms with Crippen molar-refractivity contribution >= 4 is 34.6 Å². The van der Waals surface area contributed by atoms with Crippen molar-refractivity contribution in [3.05, 3.63) is 23.8 Å². The van der Waals surface area contributed by atoms with Crippen LogP contribution < -0.4 is 20.8 Å². The molecule has 0 spiro atoms. The number of rotatable bonds is 4. The van der Waals surface area contributed by atoms with Crippen LogP contribution in [-0.4, -0.2) is 29.9 Å². The highest BCUT2D eigenvalue weighted by Crippen LogP contribution is 2.28. The zero-order valence-corrected chi connectivity index (χ0v) is 12.8. The normalized spacial score (nSPS) is 13.8. The predicted octanol–water partition coefficient (Wildman–Crippen LogP) is 1.62. The van der Waals surface area contributed by atoms with Crippen molar-refractivity contribution in [3.8, 4) is 5.75 Å². The number of thiocarbonyl (C=S) groups is 1. The summed E-state index contributed by atoms with van der Waals surface area (Å²) in [6, 6.07) is 5.53. The van der Waals surface area contributed by atoms with Crippen LogP contribution in [0.4, 0.5) is 5.69 Å². The first kappa shape index (κ1) is 15.2. The molecule has 1 aliphatic heterocycles. The molecule has 112 valence electrons. The Morgan fingerprint density at radius 2 is 2.33 bits per heavy atom. The van der Waals surface area contributed by atoms with Gasteiger partial charge in [-0.2, -0.15) is 5.10 Å². The third-order valence-corrected chi connectivity index (χ3v) is 3.13. The van der Waals surface area contributed by atoms with Crippen LogP contribution in [0.2, 0.25) is 0 Å². The average molecular weight is 306 g/mol.